The number of thiophene rings is 1. The summed E-state index contributed by atoms with van der Waals surface area (Å²) in [5, 5.41) is 3.63. The molecule has 3 heterocycles. The van der Waals surface area contributed by atoms with Crippen LogP contribution in [0.15, 0.2) is 34.2 Å². The zero-order valence-corrected chi connectivity index (χ0v) is 15.6. The lowest BCUT2D eigenvalue weighted by Gasteiger charge is -2.27. The van der Waals surface area contributed by atoms with Crippen molar-refractivity contribution in [3.63, 3.8) is 0 Å². The number of imidazole rings is 1. The van der Waals surface area contributed by atoms with E-state index in [4.69, 9.17) is 0 Å². The Kier molecular flexibility index (Phi) is 5.60. The van der Waals surface area contributed by atoms with Gasteiger partial charge in [-0.15, -0.1) is 11.3 Å². The molecule has 0 aliphatic carbocycles. The van der Waals surface area contributed by atoms with Crippen molar-refractivity contribution < 1.29 is 39.7 Å². The zero-order chi connectivity index (χ0) is 21.4. The van der Waals surface area contributed by atoms with E-state index in [2.05, 4.69) is 19.7 Å². The minimum Gasteiger partial charge on any atom is -0.487 e. The number of H-pyrrole nitrogens is 1. The van der Waals surface area contributed by atoms with Crippen molar-refractivity contribution in [2.75, 3.05) is 6.61 Å². The van der Waals surface area contributed by atoms with Gasteiger partial charge in [0.25, 0.3) is 0 Å². The van der Waals surface area contributed by atoms with Crippen LogP contribution in [0.4, 0.5) is 30.7 Å². The third-order valence-corrected chi connectivity index (χ3v) is 5.54. The Bertz CT molecular complexity index is 1000. The molecule has 3 aromatic heterocycles. The first kappa shape index (κ1) is 21.5. The van der Waals surface area contributed by atoms with Gasteiger partial charge in [0, 0.05) is 23.0 Å². The third kappa shape index (κ3) is 4.37. The van der Waals surface area contributed by atoms with Crippen LogP contribution in [0.5, 0.6) is 5.75 Å². The van der Waals surface area contributed by atoms with E-state index in [0.29, 0.717) is 11.0 Å². The van der Waals surface area contributed by atoms with Crippen LogP contribution in [0.2, 0.25) is 0 Å². The molecule has 0 fully saturated rings. The van der Waals surface area contributed by atoms with Gasteiger partial charge in [-0.2, -0.15) is 30.7 Å². The third-order valence-electron chi connectivity index (χ3n) is 3.62. The van der Waals surface area contributed by atoms with Crippen LogP contribution in [0.25, 0.3) is 11.0 Å². The highest BCUT2D eigenvalue weighted by Gasteiger charge is 2.73. The minimum absolute atomic E-state index is 0.0747. The topological polar surface area (TPSA) is 67.9 Å². The van der Waals surface area contributed by atoms with Crippen LogP contribution in [-0.2, 0) is 16.6 Å². The number of aromatic amines is 1. The molecule has 1 N–H and O–H groups in total. The van der Waals surface area contributed by atoms with E-state index in [0.717, 1.165) is 18.3 Å². The Morgan fingerprint density at radius 1 is 1.14 bits per heavy atom. The number of aromatic nitrogens is 3. The first-order valence-electron chi connectivity index (χ1n) is 7.61. The number of hydrogen-bond acceptors (Lipinski definition) is 5. The lowest BCUT2D eigenvalue weighted by atomic mass is 10.2. The Balaban J connectivity index is 1.68. The Morgan fingerprint density at radius 2 is 1.86 bits per heavy atom. The lowest BCUT2D eigenvalue weighted by Crippen LogP contribution is -2.54. The van der Waals surface area contributed by atoms with E-state index in [1.807, 2.05) is 0 Å². The van der Waals surface area contributed by atoms with Gasteiger partial charge < -0.3 is 9.72 Å². The van der Waals surface area contributed by atoms with Gasteiger partial charge in [0.15, 0.2) is 11.8 Å². The predicted octanol–water partition coefficient (Wildman–Crippen LogP) is 4.54. The maximum atomic E-state index is 13.3. The minimum atomic E-state index is -6.43. The Labute approximate surface area is 164 Å². The first-order chi connectivity index (χ1) is 13.4. The number of pyridine rings is 1. The van der Waals surface area contributed by atoms with Gasteiger partial charge in [-0.25, -0.2) is 4.98 Å². The lowest BCUT2D eigenvalue weighted by molar-refractivity contribution is -0.358. The average Bonchev–Trinajstić information content (AvgIpc) is 3.21. The van der Waals surface area contributed by atoms with E-state index in [1.165, 1.54) is 11.3 Å². The summed E-state index contributed by atoms with van der Waals surface area (Å²) in [6.07, 6.45) is -5.38. The van der Waals surface area contributed by atoms with Crippen LogP contribution in [0.3, 0.4) is 0 Å². The van der Waals surface area contributed by atoms with E-state index in [9.17, 15) is 34.9 Å². The smallest absolute Gasteiger partial charge is 0.460 e. The summed E-state index contributed by atoms with van der Waals surface area (Å²) in [4.78, 5) is 10.8. The fourth-order valence-electron chi connectivity index (χ4n) is 2.13. The summed E-state index contributed by atoms with van der Waals surface area (Å²) in [6, 6.07) is 2.02. The van der Waals surface area contributed by atoms with E-state index in [1.54, 1.807) is 10.8 Å². The molecule has 0 aromatic carbocycles. The largest absolute Gasteiger partial charge is 0.487 e. The second-order valence-corrected chi connectivity index (χ2v) is 7.86. The molecular formula is C15H10F7N3O2S2. The number of hydrogen-bond donors (Lipinski definition) is 1. The number of alkyl halides is 7. The van der Waals surface area contributed by atoms with Gasteiger partial charge in [0.1, 0.15) is 11.3 Å². The van der Waals surface area contributed by atoms with Gasteiger partial charge in [-0.1, -0.05) is 0 Å². The standard InChI is InChI=1S/C15H10F7N3O2S2/c16-13(17,14(18,19)15(20,21)22)7-27-9-1-2-23-8(3-9)6-29(26)12-24-10-4-28-5-11(10)25-12/h1-5H,6-7H2,(H,24,25)/t29-/m1/s1. The molecule has 0 spiro atoms. The van der Waals surface area contributed by atoms with E-state index >= 15 is 0 Å². The highest BCUT2D eigenvalue weighted by Crippen LogP contribution is 2.46. The fraction of sp³-hybridized carbons (Fsp3) is 0.333. The summed E-state index contributed by atoms with van der Waals surface area (Å²) >= 11 is 1.39. The van der Waals surface area contributed by atoms with Gasteiger partial charge in [0.05, 0.1) is 27.8 Å². The molecule has 3 rings (SSSR count). The van der Waals surface area contributed by atoms with Crippen LogP contribution in [0.1, 0.15) is 5.69 Å². The van der Waals surface area contributed by atoms with Crippen LogP contribution in [0, 0.1) is 0 Å². The van der Waals surface area contributed by atoms with E-state index < -0.39 is 41.2 Å². The van der Waals surface area contributed by atoms with Crippen molar-refractivity contribution in [1.82, 2.24) is 15.0 Å². The van der Waals surface area contributed by atoms with Crippen molar-refractivity contribution in [3.05, 3.63) is 34.8 Å². The molecular weight excluding hydrogens is 451 g/mol. The number of fused-ring (bicyclic) bond motifs is 1. The molecule has 14 heteroatoms. The van der Waals surface area contributed by atoms with Gasteiger partial charge in [-0.05, 0) is 6.07 Å². The Hall–Kier alpha value is -2.22. The first-order valence-corrected chi connectivity index (χ1v) is 9.87. The highest BCUT2D eigenvalue weighted by atomic mass is 32.2. The summed E-state index contributed by atoms with van der Waals surface area (Å²) in [5.41, 5.74) is 1.36. The molecule has 0 unspecified atom stereocenters. The average molecular weight is 461 g/mol. The zero-order valence-electron chi connectivity index (χ0n) is 14.0. The van der Waals surface area contributed by atoms with E-state index in [-0.39, 0.29) is 16.6 Å². The maximum Gasteiger partial charge on any atom is 0.460 e. The summed E-state index contributed by atoms with van der Waals surface area (Å²) in [7, 11) is -1.70. The monoisotopic (exact) mass is 461 g/mol. The second kappa shape index (κ2) is 7.55. The van der Waals surface area contributed by atoms with Gasteiger partial charge in [-0.3, -0.25) is 9.19 Å². The van der Waals surface area contributed by atoms with Crippen molar-refractivity contribution >= 4 is 33.2 Å². The van der Waals surface area contributed by atoms with Gasteiger partial charge in [0.2, 0.25) is 0 Å². The molecule has 5 nitrogen and oxygen atoms in total. The normalized spacial score (nSPS) is 14.3. The molecule has 0 saturated heterocycles. The maximum absolute atomic E-state index is 13.3. The fourth-order valence-corrected chi connectivity index (χ4v) is 3.81. The predicted molar refractivity (Wildman–Crippen MR) is 89.8 cm³/mol. The number of nitrogens with zero attached hydrogens (tertiary/aromatic N) is 2. The summed E-state index contributed by atoms with van der Waals surface area (Å²) in [5.74, 6) is -12.4. The molecule has 0 amide bonds. The number of rotatable bonds is 7. The number of halogens is 7. The highest BCUT2D eigenvalue weighted by molar-refractivity contribution is 7.84. The van der Waals surface area contributed by atoms with Crippen molar-refractivity contribution in [3.8, 4) is 5.75 Å². The van der Waals surface area contributed by atoms with Crippen molar-refractivity contribution in [1.29, 1.82) is 0 Å². The summed E-state index contributed by atoms with van der Waals surface area (Å²) in [6.45, 7) is -2.21. The van der Waals surface area contributed by atoms with Crippen LogP contribution >= 0.6 is 11.3 Å². The molecule has 3 aromatic rings. The molecule has 0 radical (unpaired) electrons. The quantitative estimate of drug-likeness (QED) is 0.525. The second-order valence-electron chi connectivity index (χ2n) is 5.75. The molecule has 0 saturated carbocycles. The molecule has 158 valence electrons. The van der Waals surface area contributed by atoms with Crippen molar-refractivity contribution in [2.24, 2.45) is 0 Å². The van der Waals surface area contributed by atoms with Gasteiger partial charge >= 0.3 is 18.0 Å². The molecule has 0 bridgehead atoms. The summed E-state index contributed by atoms with van der Waals surface area (Å²) < 4.78 is 106. The molecule has 1 atom stereocenters. The van der Waals surface area contributed by atoms with Crippen LogP contribution < -0.4 is 4.74 Å². The van der Waals surface area contributed by atoms with Crippen LogP contribution in [-0.4, -0.2) is 43.8 Å². The number of nitrogens with one attached hydrogen (secondary N) is 1. The molecule has 0 aliphatic rings. The molecule has 29 heavy (non-hydrogen) atoms. The SMILES string of the molecule is O=[S@](Cc1cc(OCC(F)(F)C(F)(F)C(F)(F)F)ccn1)c1nc2cscc2[nH]1. The number of ether oxygens (including phenoxy) is 1. The Morgan fingerprint density at radius 3 is 2.52 bits per heavy atom. The van der Waals surface area contributed by atoms with Crippen molar-refractivity contribution in [2.45, 2.75) is 28.9 Å². The molecule has 0 aliphatic heterocycles.